The Morgan fingerprint density at radius 1 is 1.35 bits per heavy atom. The third-order valence-corrected chi connectivity index (χ3v) is 5.13. The first kappa shape index (κ1) is 14.6. The second-order valence-electron chi connectivity index (χ2n) is 4.43. The standard InChI is InChI=1S/C11H21N2O3P/c1-5-9-8-12-10(6-2)13(9,4)11(7-3)17(14,15)16/h8,11H,5-7H2,1-4H3,(H-,14,15,16)/p+1. The molecule has 5 nitrogen and oxygen atoms in total. The van der Waals surface area contributed by atoms with E-state index in [0.29, 0.717) is 12.8 Å². The van der Waals surface area contributed by atoms with Crippen molar-refractivity contribution in [3.8, 4) is 0 Å². The zero-order valence-electron chi connectivity index (χ0n) is 10.9. The zero-order chi connectivity index (χ0) is 13.3. The fourth-order valence-corrected chi connectivity index (χ4v) is 4.02. The summed E-state index contributed by atoms with van der Waals surface area (Å²) in [6.45, 7) is 5.77. The summed E-state index contributed by atoms with van der Waals surface area (Å²) in [6.07, 6.45) is 3.64. The summed E-state index contributed by atoms with van der Waals surface area (Å²) in [7, 11) is -2.28. The van der Waals surface area contributed by atoms with Gasteiger partial charge < -0.3 is 9.79 Å². The van der Waals surface area contributed by atoms with Gasteiger partial charge in [-0.05, 0) is 0 Å². The molecule has 0 saturated carbocycles. The Labute approximate surface area is 103 Å². The van der Waals surface area contributed by atoms with Gasteiger partial charge in [-0.25, -0.2) is 9.48 Å². The van der Waals surface area contributed by atoms with Crippen LogP contribution in [0.25, 0.3) is 0 Å². The van der Waals surface area contributed by atoms with Crippen LogP contribution in [0.4, 0.5) is 0 Å². The third kappa shape index (κ3) is 2.38. The molecule has 98 valence electrons. The molecule has 2 unspecified atom stereocenters. The Hall–Kier alpha value is -0.480. The van der Waals surface area contributed by atoms with Gasteiger partial charge in [0.2, 0.25) is 5.84 Å². The predicted molar refractivity (Wildman–Crippen MR) is 68.4 cm³/mol. The largest absolute Gasteiger partial charge is 0.383 e. The Morgan fingerprint density at radius 2 is 1.94 bits per heavy atom. The summed E-state index contributed by atoms with van der Waals surface area (Å²) in [4.78, 5) is 23.4. The van der Waals surface area contributed by atoms with E-state index in [1.807, 2.05) is 27.8 Å². The highest BCUT2D eigenvalue weighted by molar-refractivity contribution is 7.52. The Bertz CT molecular complexity index is 378. The van der Waals surface area contributed by atoms with Gasteiger partial charge >= 0.3 is 7.60 Å². The Balaban J connectivity index is 3.26. The normalized spacial score (nSPS) is 26.7. The van der Waals surface area contributed by atoms with Gasteiger partial charge in [0.05, 0.1) is 13.2 Å². The number of quaternary nitrogens is 1. The first-order chi connectivity index (χ1) is 7.82. The smallest absolute Gasteiger partial charge is 0.320 e. The molecule has 0 amide bonds. The lowest BCUT2D eigenvalue weighted by Gasteiger charge is -2.39. The van der Waals surface area contributed by atoms with Crippen LogP contribution in [-0.4, -0.2) is 32.9 Å². The number of rotatable bonds is 5. The summed E-state index contributed by atoms with van der Waals surface area (Å²) in [5.74, 6) is 0.104. The number of aliphatic imine (C=N–C) groups is 1. The van der Waals surface area contributed by atoms with Crippen LogP contribution in [0.5, 0.6) is 0 Å². The average Bonchev–Trinajstić information content (AvgIpc) is 2.53. The first-order valence-electron chi connectivity index (χ1n) is 6.00. The number of hydrogen-bond acceptors (Lipinski definition) is 2. The predicted octanol–water partition coefficient (Wildman–Crippen LogP) is 2.42. The van der Waals surface area contributed by atoms with Crippen LogP contribution >= 0.6 is 7.60 Å². The van der Waals surface area contributed by atoms with Crippen LogP contribution in [0, 0.1) is 0 Å². The van der Waals surface area contributed by atoms with Gasteiger partial charge in [-0.15, -0.1) is 0 Å². The second-order valence-corrected chi connectivity index (χ2v) is 6.20. The van der Waals surface area contributed by atoms with E-state index >= 15 is 0 Å². The van der Waals surface area contributed by atoms with Gasteiger partial charge in [0.25, 0.3) is 0 Å². The molecule has 2 atom stereocenters. The minimum Gasteiger partial charge on any atom is -0.320 e. The Kier molecular flexibility index (Phi) is 4.31. The lowest BCUT2D eigenvalue weighted by molar-refractivity contribution is -0.795. The third-order valence-electron chi connectivity index (χ3n) is 3.52. The highest BCUT2D eigenvalue weighted by Gasteiger charge is 2.50. The number of nitrogens with zero attached hydrogens (tertiary/aromatic N) is 2. The quantitative estimate of drug-likeness (QED) is 0.590. The van der Waals surface area contributed by atoms with Crippen molar-refractivity contribution in [3.05, 3.63) is 11.9 Å². The van der Waals surface area contributed by atoms with E-state index in [2.05, 4.69) is 4.99 Å². The zero-order valence-corrected chi connectivity index (χ0v) is 11.8. The highest BCUT2D eigenvalue weighted by atomic mass is 31.2. The van der Waals surface area contributed by atoms with Gasteiger partial charge in [0.1, 0.15) is 5.70 Å². The summed E-state index contributed by atoms with van der Waals surface area (Å²) in [5, 5.41) is 0. The molecule has 1 rings (SSSR count). The molecule has 17 heavy (non-hydrogen) atoms. The summed E-state index contributed by atoms with van der Waals surface area (Å²) < 4.78 is 11.9. The van der Waals surface area contributed by atoms with Crippen molar-refractivity contribution in [2.24, 2.45) is 4.99 Å². The molecule has 2 N–H and O–H groups in total. The molecule has 0 fully saturated rings. The molecule has 1 aliphatic rings. The van der Waals surface area contributed by atoms with E-state index < -0.39 is 13.4 Å². The molecular formula is C11H22N2O3P+. The van der Waals surface area contributed by atoms with Gasteiger partial charge in [-0.3, -0.25) is 4.57 Å². The maximum absolute atomic E-state index is 11.7. The van der Waals surface area contributed by atoms with E-state index in [1.165, 1.54) is 0 Å². The molecular weight excluding hydrogens is 239 g/mol. The summed E-state index contributed by atoms with van der Waals surface area (Å²) >= 11 is 0. The molecule has 0 bridgehead atoms. The van der Waals surface area contributed by atoms with Crippen molar-refractivity contribution >= 4 is 13.4 Å². The number of hydrogen-bond donors (Lipinski definition) is 2. The molecule has 0 radical (unpaired) electrons. The maximum atomic E-state index is 11.7. The van der Waals surface area contributed by atoms with E-state index in [1.54, 1.807) is 6.20 Å². The SMILES string of the molecule is CCC1=CN=C(CC)[N+]1(C)C(CC)P(=O)(O)O. The van der Waals surface area contributed by atoms with Crippen LogP contribution in [0.3, 0.4) is 0 Å². The van der Waals surface area contributed by atoms with Crippen molar-refractivity contribution < 1.29 is 18.8 Å². The van der Waals surface area contributed by atoms with Crippen molar-refractivity contribution in [2.45, 2.75) is 45.8 Å². The molecule has 0 aromatic carbocycles. The van der Waals surface area contributed by atoms with Crippen molar-refractivity contribution in [2.75, 3.05) is 7.05 Å². The van der Waals surface area contributed by atoms with Crippen LogP contribution in [0.15, 0.2) is 16.9 Å². The molecule has 0 aliphatic carbocycles. The monoisotopic (exact) mass is 261 g/mol. The van der Waals surface area contributed by atoms with Crippen molar-refractivity contribution in [1.82, 2.24) is 0 Å². The molecule has 1 heterocycles. The maximum Gasteiger partial charge on any atom is 0.383 e. The second kappa shape index (κ2) is 5.02. The lowest BCUT2D eigenvalue weighted by Crippen LogP contribution is -2.53. The minimum absolute atomic E-state index is 0.188. The topological polar surface area (TPSA) is 69.9 Å². The highest BCUT2D eigenvalue weighted by Crippen LogP contribution is 2.50. The van der Waals surface area contributed by atoms with Gasteiger partial charge in [0.15, 0.2) is 5.78 Å². The molecule has 6 heteroatoms. The van der Waals surface area contributed by atoms with Crippen LogP contribution in [0.1, 0.15) is 40.0 Å². The average molecular weight is 261 g/mol. The van der Waals surface area contributed by atoms with Crippen LogP contribution in [0.2, 0.25) is 0 Å². The van der Waals surface area contributed by atoms with Crippen molar-refractivity contribution in [3.63, 3.8) is 0 Å². The van der Waals surface area contributed by atoms with E-state index in [-0.39, 0.29) is 4.48 Å². The summed E-state index contributed by atoms with van der Waals surface area (Å²) in [6, 6.07) is 0. The van der Waals surface area contributed by atoms with Crippen LogP contribution < -0.4 is 0 Å². The van der Waals surface area contributed by atoms with Gasteiger partial charge in [-0.1, -0.05) is 20.8 Å². The molecule has 1 aliphatic heterocycles. The fraction of sp³-hybridized carbons (Fsp3) is 0.727. The molecule has 0 aromatic heterocycles. The number of amidine groups is 1. The van der Waals surface area contributed by atoms with E-state index in [4.69, 9.17) is 0 Å². The Morgan fingerprint density at radius 3 is 2.29 bits per heavy atom. The molecule has 0 aromatic rings. The molecule has 0 saturated heterocycles. The van der Waals surface area contributed by atoms with Crippen LogP contribution in [-0.2, 0) is 4.57 Å². The lowest BCUT2D eigenvalue weighted by atomic mass is 10.2. The minimum atomic E-state index is -4.14. The number of allylic oxidation sites excluding steroid dienone is 1. The van der Waals surface area contributed by atoms with Gasteiger partial charge in [-0.2, -0.15) is 0 Å². The molecule has 0 spiro atoms. The summed E-state index contributed by atoms with van der Waals surface area (Å²) in [5.41, 5.74) is 0.969. The van der Waals surface area contributed by atoms with E-state index in [0.717, 1.165) is 18.0 Å². The van der Waals surface area contributed by atoms with Crippen molar-refractivity contribution in [1.29, 1.82) is 0 Å². The fourth-order valence-electron chi connectivity index (χ4n) is 2.66. The first-order valence-corrected chi connectivity index (χ1v) is 7.68. The van der Waals surface area contributed by atoms with Gasteiger partial charge in [0, 0.05) is 19.3 Å². The van der Waals surface area contributed by atoms with E-state index in [9.17, 15) is 14.4 Å².